The maximum atomic E-state index is 6.21. The molecule has 0 aliphatic carbocycles. The van der Waals surface area contributed by atoms with Crippen molar-refractivity contribution in [1.82, 2.24) is 0 Å². The molecule has 28 heavy (non-hydrogen) atoms. The maximum absolute atomic E-state index is 6.21. The van der Waals surface area contributed by atoms with Gasteiger partial charge in [0.2, 0.25) is 0 Å². The first-order chi connectivity index (χ1) is 13.5. The van der Waals surface area contributed by atoms with E-state index in [0.717, 1.165) is 21.3 Å². The summed E-state index contributed by atoms with van der Waals surface area (Å²) in [5.41, 5.74) is 2.78. The Morgan fingerprint density at radius 2 is 1.61 bits per heavy atom. The van der Waals surface area contributed by atoms with E-state index in [0.29, 0.717) is 39.7 Å². The van der Waals surface area contributed by atoms with Gasteiger partial charge in [0, 0.05) is 21.1 Å². The Balaban J connectivity index is 1.73. The second-order valence-corrected chi connectivity index (χ2v) is 8.12. The molecular weight excluding hydrogens is 484 g/mol. The molecule has 3 rings (SSSR count). The van der Waals surface area contributed by atoms with Crippen LogP contribution in [0.3, 0.4) is 0 Å². The van der Waals surface area contributed by atoms with Crippen LogP contribution in [0.25, 0.3) is 0 Å². The zero-order chi connectivity index (χ0) is 20.1. The summed E-state index contributed by atoms with van der Waals surface area (Å²) in [5.74, 6) is 1.29. The van der Waals surface area contributed by atoms with E-state index in [4.69, 9.17) is 44.3 Å². The lowest BCUT2D eigenvalue weighted by molar-refractivity contribution is 0.284. The molecule has 3 nitrogen and oxygen atoms in total. The van der Waals surface area contributed by atoms with E-state index < -0.39 is 0 Å². The third-order valence-corrected chi connectivity index (χ3v) is 5.59. The van der Waals surface area contributed by atoms with Crippen LogP contribution in [-0.4, -0.2) is 7.11 Å². The van der Waals surface area contributed by atoms with E-state index in [1.807, 2.05) is 36.4 Å². The Morgan fingerprint density at radius 3 is 2.32 bits per heavy atom. The zero-order valence-corrected chi connectivity index (χ0v) is 18.8. The number of methoxy groups -OCH3 is 1. The van der Waals surface area contributed by atoms with E-state index >= 15 is 0 Å². The van der Waals surface area contributed by atoms with Crippen molar-refractivity contribution in [2.24, 2.45) is 0 Å². The van der Waals surface area contributed by atoms with Crippen molar-refractivity contribution in [2.45, 2.75) is 13.2 Å². The van der Waals surface area contributed by atoms with Gasteiger partial charge < -0.3 is 14.8 Å². The minimum Gasteiger partial charge on any atom is -0.493 e. The van der Waals surface area contributed by atoms with Crippen molar-refractivity contribution in [3.8, 4) is 11.5 Å². The smallest absolute Gasteiger partial charge is 0.162 e. The molecule has 3 aromatic carbocycles. The van der Waals surface area contributed by atoms with Crippen LogP contribution in [0.15, 0.2) is 59.1 Å². The van der Waals surface area contributed by atoms with Gasteiger partial charge in [-0.25, -0.2) is 0 Å². The number of benzene rings is 3. The van der Waals surface area contributed by atoms with Gasteiger partial charge in [0.15, 0.2) is 11.5 Å². The highest BCUT2D eigenvalue weighted by molar-refractivity contribution is 9.10. The Hall–Kier alpha value is -1.59. The number of nitrogens with one attached hydrogen (secondary N) is 1. The van der Waals surface area contributed by atoms with Crippen molar-refractivity contribution in [1.29, 1.82) is 0 Å². The molecule has 3 aromatic rings. The molecule has 0 spiro atoms. The summed E-state index contributed by atoms with van der Waals surface area (Å²) < 4.78 is 12.3. The molecule has 0 bridgehead atoms. The molecule has 0 amide bonds. The lowest BCUT2D eigenvalue weighted by atomic mass is 10.2. The summed E-state index contributed by atoms with van der Waals surface area (Å²) in [6.45, 7) is 0.949. The molecule has 0 unspecified atom stereocenters. The van der Waals surface area contributed by atoms with Gasteiger partial charge in [0.1, 0.15) is 6.61 Å². The van der Waals surface area contributed by atoms with E-state index in [-0.39, 0.29) is 0 Å². The Morgan fingerprint density at radius 1 is 0.893 bits per heavy atom. The van der Waals surface area contributed by atoms with Gasteiger partial charge >= 0.3 is 0 Å². The zero-order valence-electron chi connectivity index (χ0n) is 14.9. The van der Waals surface area contributed by atoms with Crippen LogP contribution in [-0.2, 0) is 13.2 Å². The molecule has 0 saturated heterocycles. The number of anilines is 1. The minimum absolute atomic E-state index is 0.412. The largest absolute Gasteiger partial charge is 0.493 e. The molecule has 0 aromatic heterocycles. The summed E-state index contributed by atoms with van der Waals surface area (Å²) in [6, 6.07) is 16.6. The molecule has 0 radical (unpaired) electrons. The Bertz CT molecular complexity index is 965. The molecule has 0 atom stereocenters. The van der Waals surface area contributed by atoms with Crippen LogP contribution < -0.4 is 14.8 Å². The number of rotatable bonds is 7. The number of hydrogen-bond donors (Lipinski definition) is 1. The summed E-state index contributed by atoms with van der Waals surface area (Å²) in [4.78, 5) is 0. The normalized spacial score (nSPS) is 10.6. The van der Waals surface area contributed by atoms with E-state index in [1.54, 1.807) is 25.3 Å². The van der Waals surface area contributed by atoms with Crippen molar-refractivity contribution < 1.29 is 9.47 Å². The number of ether oxygens (including phenoxy) is 2. The fraction of sp³-hybridized carbons (Fsp3) is 0.143. The van der Waals surface area contributed by atoms with Crippen LogP contribution in [0.5, 0.6) is 11.5 Å². The van der Waals surface area contributed by atoms with E-state index in [1.165, 1.54) is 0 Å². The highest BCUT2D eigenvalue weighted by Gasteiger charge is 2.11. The molecule has 0 saturated carbocycles. The fourth-order valence-electron chi connectivity index (χ4n) is 2.55. The summed E-state index contributed by atoms with van der Waals surface area (Å²) >= 11 is 21.8. The van der Waals surface area contributed by atoms with Crippen LogP contribution >= 0.6 is 50.7 Å². The lowest BCUT2D eigenvalue weighted by Crippen LogP contribution is -2.03. The van der Waals surface area contributed by atoms with E-state index in [2.05, 4.69) is 21.2 Å². The third kappa shape index (κ3) is 5.48. The van der Waals surface area contributed by atoms with Crippen molar-refractivity contribution in [3.63, 3.8) is 0 Å². The Labute approximate surface area is 187 Å². The first kappa shape index (κ1) is 21.1. The predicted molar refractivity (Wildman–Crippen MR) is 120 cm³/mol. The van der Waals surface area contributed by atoms with Crippen LogP contribution in [0.2, 0.25) is 15.1 Å². The monoisotopic (exact) mass is 499 g/mol. The SMILES string of the molecule is COc1cc(CNc2cc(Cl)ccc2Cl)c(Br)cc1OCc1ccc(Cl)cc1. The first-order valence-corrected chi connectivity index (χ1v) is 10.3. The highest BCUT2D eigenvalue weighted by Crippen LogP contribution is 2.35. The molecule has 7 heteroatoms. The molecule has 0 fully saturated rings. The van der Waals surface area contributed by atoms with Gasteiger partial charge in [-0.05, 0) is 53.6 Å². The quantitative estimate of drug-likeness (QED) is 0.361. The average Bonchev–Trinajstić information content (AvgIpc) is 2.69. The topological polar surface area (TPSA) is 30.5 Å². The second kappa shape index (κ2) is 9.75. The fourth-order valence-corrected chi connectivity index (χ4v) is 3.50. The minimum atomic E-state index is 0.412. The van der Waals surface area contributed by atoms with Crippen LogP contribution in [0.4, 0.5) is 5.69 Å². The maximum Gasteiger partial charge on any atom is 0.162 e. The lowest BCUT2D eigenvalue weighted by Gasteiger charge is -2.15. The molecule has 0 heterocycles. The van der Waals surface area contributed by atoms with Gasteiger partial charge in [-0.3, -0.25) is 0 Å². The van der Waals surface area contributed by atoms with Gasteiger partial charge in [-0.2, -0.15) is 0 Å². The molecular formula is C21H17BrCl3NO2. The standard InChI is InChI=1S/C21H17BrCl3NO2/c1-27-20-8-14(11-26-19-9-16(24)6-7-18(19)25)17(22)10-21(20)28-12-13-2-4-15(23)5-3-13/h2-10,26H,11-12H2,1H3. The predicted octanol–water partition coefficient (Wildman–Crippen LogP) is 7.61. The number of hydrogen-bond acceptors (Lipinski definition) is 3. The third-order valence-electron chi connectivity index (χ3n) is 4.04. The summed E-state index contributed by atoms with van der Waals surface area (Å²) in [7, 11) is 1.61. The van der Waals surface area contributed by atoms with Gasteiger partial charge in [-0.1, -0.05) is 62.9 Å². The average molecular weight is 502 g/mol. The van der Waals surface area contributed by atoms with Crippen LogP contribution in [0.1, 0.15) is 11.1 Å². The second-order valence-electron chi connectivity index (χ2n) is 5.99. The summed E-state index contributed by atoms with van der Waals surface area (Å²) in [6.07, 6.45) is 0. The molecule has 0 aliphatic heterocycles. The number of halogens is 4. The van der Waals surface area contributed by atoms with Gasteiger partial charge in [0.05, 0.1) is 17.8 Å². The van der Waals surface area contributed by atoms with Crippen LogP contribution in [0, 0.1) is 0 Å². The molecule has 1 N–H and O–H groups in total. The van der Waals surface area contributed by atoms with Crippen molar-refractivity contribution in [3.05, 3.63) is 85.3 Å². The first-order valence-electron chi connectivity index (χ1n) is 8.39. The Kier molecular flexibility index (Phi) is 7.36. The van der Waals surface area contributed by atoms with E-state index in [9.17, 15) is 0 Å². The molecule has 0 aliphatic rings. The van der Waals surface area contributed by atoms with Gasteiger partial charge in [-0.15, -0.1) is 0 Å². The van der Waals surface area contributed by atoms with Crippen molar-refractivity contribution >= 4 is 56.4 Å². The molecule has 146 valence electrons. The highest BCUT2D eigenvalue weighted by atomic mass is 79.9. The summed E-state index contributed by atoms with van der Waals surface area (Å²) in [5, 5.41) is 5.21. The van der Waals surface area contributed by atoms with Gasteiger partial charge in [0.25, 0.3) is 0 Å². The van der Waals surface area contributed by atoms with Crippen molar-refractivity contribution in [2.75, 3.05) is 12.4 Å².